The van der Waals surface area contributed by atoms with E-state index in [2.05, 4.69) is 5.32 Å². The predicted octanol–water partition coefficient (Wildman–Crippen LogP) is 5.33. The highest BCUT2D eigenvalue weighted by Crippen LogP contribution is 2.35. The van der Waals surface area contributed by atoms with Crippen LogP contribution in [-0.2, 0) is 14.8 Å². The average Bonchev–Trinajstić information content (AvgIpc) is 2.93. The van der Waals surface area contributed by atoms with Crippen LogP contribution >= 0.6 is 0 Å². The van der Waals surface area contributed by atoms with Gasteiger partial charge in [0.05, 0.1) is 24.8 Å². The van der Waals surface area contributed by atoms with Crippen LogP contribution in [0.3, 0.4) is 0 Å². The number of carbonyl (C=O) groups is 1. The minimum Gasteiger partial charge on any atom is -0.497 e. The summed E-state index contributed by atoms with van der Waals surface area (Å²) < 4.78 is 44.7. The number of benzene rings is 4. The van der Waals surface area contributed by atoms with Gasteiger partial charge in [-0.15, -0.1) is 0 Å². The monoisotopic (exact) mass is 518 g/mol. The molecule has 0 spiro atoms. The number of ether oxygens (including phenoxy) is 3. The Labute approximate surface area is 216 Å². The minimum atomic E-state index is -4.10. The molecular weight excluding hydrogens is 492 g/mol. The number of hydrogen-bond acceptors (Lipinski definition) is 6. The first kappa shape index (κ1) is 25.6. The largest absolute Gasteiger partial charge is 0.497 e. The number of para-hydroxylation sites is 1. The number of carbonyl (C=O) groups excluding carboxylic acids is 1. The van der Waals surface area contributed by atoms with Crippen LogP contribution in [0.5, 0.6) is 23.0 Å². The van der Waals surface area contributed by atoms with E-state index in [1.807, 2.05) is 30.3 Å². The summed E-state index contributed by atoms with van der Waals surface area (Å²) in [5, 5.41) is 2.75. The number of methoxy groups -OCH3 is 2. The molecule has 4 aromatic rings. The average molecular weight is 519 g/mol. The number of amides is 1. The molecule has 37 heavy (non-hydrogen) atoms. The van der Waals surface area contributed by atoms with Crippen molar-refractivity contribution >= 4 is 27.3 Å². The molecule has 0 aromatic heterocycles. The molecule has 4 rings (SSSR count). The van der Waals surface area contributed by atoms with Crippen molar-refractivity contribution in [2.24, 2.45) is 0 Å². The van der Waals surface area contributed by atoms with Gasteiger partial charge in [-0.05, 0) is 60.7 Å². The van der Waals surface area contributed by atoms with Gasteiger partial charge in [-0.2, -0.15) is 0 Å². The SMILES string of the molecule is COc1ccc(N(CC(=O)Nc2ccc(Oc3ccccc3)cc2)S(=O)(=O)c2ccccc2)c(OC)c1. The van der Waals surface area contributed by atoms with Crippen LogP contribution in [0.1, 0.15) is 0 Å². The fourth-order valence-corrected chi connectivity index (χ4v) is 5.02. The van der Waals surface area contributed by atoms with Gasteiger partial charge < -0.3 is 19.5 Å². The second-order valence-corrected chi connectivity index (χ2v) is 9.71. The molecule has 0 heterocycles. The lowest BCUT2D eigenvalue weighted by molar-refractivity contribution is -0.114. The maximum atomic E-state index is 13.6. The molecule has 8 nitrogen and oxygen atoms in total. The zero-order valence-corrected chi connectivity index (χ0v) is 21.1. The maximum absolute atomic E-state index is 13.6. The fraction of sp³-hybridized carbons (Fsp3) is 0.107. The van der Waals surface area contributed by atoms with Crippen molar-refractivity contribution in [2.75, 3.05) is 30.4 Å². The zero-order valence-electron chi connectivity index (χ0n) is 20.3. The third-order valence-electron chi connectivity index (χ3n) is 5.39. The molecule has 0 aliphatic carbocycles. The lowest BCUT2D eigenvalue weighted by atomic mass is 10.2. The molecule has 1 N–H and O–H groups in total. The number of sulfonamides is 1. The van der Waals surface area contributed by atoms with E-state index in [0.717, 1.165) is 4.31 Å². The Morgan fingerprint density at radius 3 is 1.97 bits per heavy atom. The van der Waals surface area contributed by atoms with Gasteiger partial charge in [-0.1, -0.05) is 36.4 Å². The Bertz CT molecular complexity index is 1440. The molecule has 0 saturated carbocycles. The van der Waals surface area contributed by atoms with Crippen LogP contribution in [0.15, 0.2) is 108 Å². The summed E-state index contributed by atoms with van der Waals surface area (Å²) in [4.78, 5) is 13.1. The lowest BCUT2D eigenvalue weighted by Crippen LogP contribution is -2.38. The zero-order chi connectivity index (χ0) is 26.3. The van der Waals surface area contributed by atoms with E-state index >= 15 is 0 Å². The molecule has 0 bridgehead atoms. The second-order valence-electron chi connectivity index (χ2n) is 7.85. The van der Waals surface area contributed by atoms with Crippen LogP contribution in [-0.4, -0.2) is 35.1 Å². The molecule has 0 radical (unpaired) electrons. The topological polar surface area (TPSA) is 94.2 Å². The number of nitrogens with one attached hydrogen (secondary N) is 1. The van der Waals surface area contributed by atoms with Crippen molar-refractivity contribution in [1.82, 2.24) is 0 Å². The Balaban J connectivity index is 1.58. The third-order valence-corrected chi connectivity index (χ3v) is 7.16. The van der Waals surface area contributed by atoms with Crippen LogP contribution in [0.4, 0.5) is 11.4 Å². The fourth-order valence-electron chi connectivity index (χ4n) is 3.57. The minimum absolute atomic E-state index is 0.0445. The van der Waals surface area contributed by atoms with Crippen LogP contribution in [0.2, 0.25) is 0 Å². The standard InChI is InChI=1S/C28H26N2O6S/c1-34-24-17-18-26(27(19-24)35-2)30(37(32,33)25-11-7-4-8-12-25)20-28(31)29-21-13-15-23(16-14-21)36-22-9-5-3-6-10-22/h3-19H,20H2,1-2H3,(H,29,31). The first-order valence-electron chi connectivity index (χ1n) is 11.3. The maximum Gasteiger partial charge on any atom is 0.264 e. The Hall–Kier alpha value is -4.50. The van der Waals surface area contributed by atoms with E-state index in [0.29, 0.717) is 22.9 Å². The summed E-state index contributed by atoms with van der Waals surface area (Å²) in [5.74, 6) is 1.48. The van der Waals surface area contributed by atoms with Crippen molar-refractivity contribution in [3.63, 3.8) is 0 Å². The highest BCUT2D eigenvalue weighted by Gasteiger charge is 2.29. The summed E-state index contributed by atoms with van der Waals surface area (Å²) in [5.41, 5.74) is 0.693. The number of nitrogens with zero attached hydrogens (tertiary/aromatic N) is 1. The Morgan fingerprint density at radius 2 is 1.35 bits per heavy atom. The highest BCUT2D eigenvalue weighted by atomic mass is 32.2. The summed E-state index contributed by atoms with van der Waals surface area (Å²) in [6.07, 6.45) is 0. The lowest BCUT2D eigenvalue weighted by Gasteiger charge is -2.26. The van der Waals surface area contributed by atoms with Crippen LogP contribution < -0.4 is 23.8 Å². The molecule has 1 amide bonds. The quantitative estimate of drug-likeness (QED) is 0.305. The Morgan fingerprint density at radius 1 is 0.757 bits per heavy atom. The van der Waals surface area contributed by atoms with Gasteiger partial charge >= 0.3 is 0 Å². The van der Waals surface area contributed by atoms with Gasteiger partial charge in [-0.25, -0.2) is 8.42 Å². The van der Waals surface area contributed by atoms with Crippen molar-refractivity contribution in [1.29, 1.82) is 0 Å². The van der Waals surface area contributed by atoms with Crippen molar-refractivity contribution in [3.05, 3.63) is 103 Å². The van der Waals surface area contributed by atoms with E-state index in [9.17, 15) is 13.2 Å². The first-order valence-corrected chi connectivity index (χ1v) is 12.8. The van der Waals surface area contributed by atoms with Gasteiger partial charge in [0.15, 0.2) is 0 Å². The molecule has 0 unspecified atom stereocenters. The molecule has 9 heteroatoms. The smallest absolute Gasteiger partial charge is 0.264 e. The molecule has 190 valence electrons. The van der Waals surface area contributed by atoms with E-state index in [4.69, 9.17) is 14.2 Å². The van der Waals surface area contributed by atoms with Crippen molar-refractivity contribution < 1.29 is 27.4 Å². The summed E-state index contributed by atoms with van der Waals surface area (Å²) in [6, 6.07) is 28.7. The molecule has 0 saturated heterocycles. The van der Waals surface area contributed by atoms with Gasteiger partial charge in [0, 0.05) is 11.8 Å². The van der Waals surface area contributed by atoms with Crippen molar-refractivity contribution in [2.45, 2.75) is 4.90 Å². The molecule has 4 aromatic carbocycles. The van der Waals surface area contributed by atoms with Crippen molar-refractivity contribution in [3.8, 4) is 23.0 Å². The Kier molecular flexibility index (Phi) is 7.95. The van der Waals surface area contributed by atoms with Gasteiger partial charge in [0.25, 0.3) is 10.0 Å². The summed E-state index contributed by atoms with van der Waals surface area (Å²) in [6.45, 7) is -0.484. The summed E-state index contributed by atoms with van der Waals surface area (Å²) in [7, 11) is -1.19. The molecule has 0 atom stereocenters. The highest BCUT2D eigenvalue weighted by molar-refractivity contribution is 7.92. The van der Waals surface area contributed by atoms with Crippen LogP contribution in [0.25, 0.3) is 0 Å². The molecular formula is C28H26N2O6S. The van der Waals surface area contributed by atoms with E-state index < -0.39 is 22.5 Å². The number of hydrogen-bond donors (Lipinski definition) is 1. The van der Waals surface area contributed by atoms with E-state index in [-0.39, 0.29) is 16.3 Å². The number of rotatable bonds is 10. The van der Waals surface area contributed by atoms with Crippen LogP contribution in [0, 0.1) is 0 Å². The molecule has 0 fully saturated rings. The van der Waals surface area contributed by atoms with E-state index in [1.54, 1.807) is 60.7 Å². The van der Waals surface area contributed by atoms with Gasteiger partial charge in [0.1, 0.15) is 29.5 Å². The summed E-state index contributed by atoms with van der Waals surface area (Å²) >= 11 is 0. The first-order chi connectivity index (χ1) is 17.9. The molecule has 0 aliphatic rings. The van der Waals surface area contributed by atoms with Gasteiger partial charge in [-0.3, -0.25) is 9.10 Å². The van der Waals surface area contributed by atoms with E-state index in [1.165, 1.54) is 26.4 Å². The predicted molar refractivity (Wildman–Crippen MR) is 142 cm³/mol. The number of anilines is 2. The second kappa shape index (κ2) is 11.5. The normalized spacial score (nSPS) is 10.9. The third kappa shape index (κ3) is 6.20. The van der Waals surface area contributed by atoms with Gasteiger partial charge in [0.2, 0.25) is 5.91 Å². The molecule has 0 aliphatic heterocycles.